The van der Waals surface area contributed by atoms with E-state index in [0.717, 1.165) is 23.6 Å². The van der Waals surface area contributed by atoms with Gasteiger partial charge in [0.2, 0.25) is 0 Å². The summed E-state index contributed by atoms with van der Waals surface area (Å²) in [5, 5.41) is 8.15. The third kappa shape index (κ3) is 7.20. The van der Waals surface area contributed by atoms with Crippen molar-refractivity contribution in [3.63, 3.8) is 0 Å². The molecule has 0 aliphatic carbocycles. The quantitative estimate of drug-likeness (QED) is 0.401. The molecule has 3 N–H and O–H groups in total. The highest BCUT2D eigenvalue weighted by Gasteiger charge is 2.40. The third-order valence-electron chi connectivity index (χ3n) is 5.69. The molecule has 11 heteroatoms. The fraction of sp³-hybridized carbons (Fsp3) is 0.370. The molecule has 0 radical (unpaired) electrons. The van der Waals surface area contributed by atoms with Crippen LogP contribution in [0.3, 0.4) is 0 Å². The van der Waals surface area contributed by atoms with Crippen molar-refractivity contribution in [3.05, 3.63) is 71.6 Å². The predicted molar refractivity (Wildman–Crippen MR) is 137 cm³/mol. The second-order valence-corrected chi connectivity index (χ2v) is 9.17. The van der Waals surface area contributed by atoms with Crippen LogP contribution in [0.5, 0.6) is 5.75 Å². The van der Waals surface area contributed by atoms with Crippen molar-refractivity contribution in [2.24, 2.45) is 0 Å². The van der Waals surface area contributed by atoms with Gasteiger partial charge in [0.15, 0.2) is 5.60 Å². The summed E-state index contributed by atoms with van der Waals surface area (Å²) in [5.41, 5.74) is 0.405. The lowest BCUT2D eigenvalue weighted by Crippen LogP contribution is -2.51. The van der Waals surface area contributed by atoms with Crippen LogP contribution in [0, 0.1) is 0 Å². The number of halogens is 3. The van der Waals surface area contributed by atoms with Gasteiger partial charge in [-0.2, -0.15) is 13.2 Å². The van der Waals surface area contributed by atoms with Crippen LogP contribution in [0.4, 0.5) is 29.3 Å². The smallest absolute Gasteiger partial charge is 0.420 e. The molecule has 1 saturated heterocycles. The van der Waals surface area contributed by atoms with Crippen LogP contribution in [0.25, 0.3) is 5.57 Å². The van der Waals surface area contributed by atoms with Gasteiger partial charge in [0.05, 0.1) is 25.4 Å². The van der Waals surface area contributed by atoms with Crippen LogP contribution in [0.15, 0.2) is 60.5 Å². The van der Waals surface area contributed by atoms with Crippen LogP contribution in [0.1, 0.15) is 31.4 Å². The van der Waals surface area contributed by atoms with Crippen molar-refractivity contribution in [3.8, 4) is 5.75 Å². The number of nitrogens with one attached hydrogen (secondary N) is 3. The number of hydrogen-bond donors (Lipinski definition) is 3. The first kappa shape index (κ1) is 27.3. The summed E-state index contributed by atoms with van der Waals surface area (Å²) in [7, 11) is 0. The van der Waals surface area contributed by atoms with Crippen molar-refractivity contribution in [1.29, 1.82) is 0 Å². The molecular weight excluding hydrogens is 503 g/mol. The Kier molecular flexibility index (Phi) is 8.48. The first-order chi connectivity index (χ1) is 18.1. The lowest BCUT2D eigenvalue weighted by atomic mass is 10.0. The van der Waals surface area contributed by atoms with Crippen molar-refractivity contribution in [1.82, 2.24) is 5.32 Å². The van der Waals surface area contributed by atoms with E-state index in [9.17, 15) is 18.0 Å². The summed E-state index contributed by atoms with van der Waals surface area (Å²) in [4.78, 5) is 12.5. The van der Waals surface area contributed by atoms with Crippen molar-refractivity contribution >= 4 is 23.0 Å². The Morgan fingerprint density at radius 2 is 1.79 bits per heavy atom. The number of rotatable bonds is 8. The molecule has 0 spiro atoms. The maximum absolute atomic E-state index is 13.7. The molecular formula is C27H30F3N3O5. The minimum Gasteiger partial charge on any atom is -0.495 e. The molecule has 2 aliphatic heterocycles. The summed E-state index contributed by atoms with van der Waals surface area (Å²) in [6.07, 6.45) is -0.0846. The number of hydrogen-bond acceptors (Lipinski definition) is 6. The molecule has 0 atom stereocenters. The molecule has 8 nitrogen and oxygen atoms in total. The normalized spacial score (nSPS) is 19.7. The zero-order valence-corrected chi connectivity index (χ0v) is 21.1. The first-order valence-corrected chi connectivity index (χ1v) is 12.2. The summed E-state index contributed by atoms with van der Waals surface area (Å²) in [5.74, 6) is 0.401. The Balaban J connectivity index is 1.42. The van der Waals surface area contributed by atoms with E-state index in [-0.39, 0.29) is 24.7 Å². The number of alkyl halides is 3. The Labute approximate surface area is 218 Å². The first-order valence-electron chi connectivity index (χ1n) is 12.2. The van der Waals surface area contributed by atoms with Crippen LogP contribution >= 0.6 is 0 Å². The molecule has 2 amide bonds. The molecule has 38 heavy (non-hydrogen) atoms. The fourth-order valence-corrected chi connectivity index (χ4v) is 3.77. The molecule has 4 rings (SSSR count). The number of carbonyl (C=O) groups excluding carboxylic acids is 1. The number of anilines is 2. The van der Waals surface area contributed by atoms with E-state index in [0.29, 0.717) is 31.4 Å². The summed E-state index contributed by atoms with van der Waals surface area (Å²) < 4.78 is 62.8. The summed E-state index contributed by atoms with van der Waals surface area (Å²) >= 11 is 0. The van der Waals surface area contributed by atoms with Gasteiger partial charge in [-0.1, -0.05) is 19.1 Å². The minimum absolute atomic E-state index is 0.0217. The topological polar surface area (TPSA) is 90.1 Å². The second kappa shape index (κ2) is 11.8. The van der Waals surface area contributed by atoms with Gasteiger partial charge in [-0.25, -0.2) is 4.79 Å². The van der Waals surface area contributed by atoms with Gasteiger partial charge in [-0.05, 0) is 55.3 Å². The van der Waals surface area contributed by atoms with E-state index in [1.165, 1.54) is 12.1 Å². The average Bonchev–Trinajstić information content (AvgIpc) is 2.83. The number of amides is 2. The largest absolute Gasteiger partial charge is 0.495 e. The number of ether oxygens (including phenoxy) is 4. The Hall–Kier alpha value is -3.70. The molecule has 2 aromatic carbocycles. The van der Waals surface area contributed by atoms with E-state index in [2.05, 4.69) is 16.0 Å². The highest BCUT2D eigenvalue weighted by Crippen LogP contribution is 2.40. The van der Waals surface area contributed by atoms with Gasteiger partial charge in [0, 0.05) is 23.1 Å². The van der Waals surface area contributed by atoms with Crippen LogP contribution in [-0.2, 0) is 20.4 Å². The van der Waals surface area contributed by atoms with Crippen LogP contribution in [0.2, 0.25) is 0 Å². The lowest BCUT2D eigenvalue weighted by molar-refractivity contribution is -0.160. The maximum Gasteiger partial charge on any atom is 0.420 e. The highest BCUT2D eigenvalue weighted by molar-refractivity contribution is 6.00. The Morgan fingerprint density at radius 1 is 1.08 bits per heavy atom. The van der Waals surface area contributed by atoms with Crippen molar-refractivity contribution < 1.29 is 36.9 Å². The summed E-state index contributed by atoms with van der Waals surface area (Å²) in [6.45, 7) is 5.39. The molecule has 0 aromatic heterocycles. The molecule has 2 heterocycles. The standard InChI is InChI=1S/C27H30F3N3O5/c1-3-10-37-22-11-19(13-31-17-35-14-22)18-4-6-20(7-5-18)32-25(34)33-21-8-9-24(23(12-21)27(28,29)30)38-26(2)15-36-16-26/h4-9,11-13,31H,3,10,14-17H2,1-2H3,(H2,32,33,34)/b19-13+,22-11+. The molecule has 0 unspecified atom stereocenters. The fourth-order valence-electron chi connectivity index (χ4n) is 3.77. The zero-order valence-electron chi connectivity index (χ0n) is 21.1. The van der Waals surface area contributed by atoms with Crippen molar-refractivity contribution in [2.75, 3.05) is 43.8 Å². The monoisotopic (exact) mass is 533 g/mol. The van der Waals surface area contributed by atoms with Gasteiger partial charge in [0.25, 0.3) is 0 Å². The van der Waals surface area contributed by atoms with Gasteiger partial charge in [0.1, 0.15) is 24.8 Å². The van der Waals surface area contributed by atoms with Crippen LogP contribution in [-0.4, -0.2) is 44.8 Å². The van der Waals surface area contributed by atoms with Crippen molar-refractivity contribution in [2.45, 2.75) is 32.0 Å². The minimum atomic E-state index is -4.66. The predicted octanol–water partition coefficient (Wildman–Crippen LogP) is 5.75. The van der Waals surface area contributed by atoms with Crippen LogP contribution < -0.4 is 20.7 Å². The van der Waals surface area contributed by atoms with Gasteiger partial charge in [-0.15, -0.1) is 0 Å². The number of carbonyl (C=O) groups is 1. The SMILES string of the molecule is CCCO/C1=C/C(c2ccc(NC(=O)Nc3ccc(OC4(C)COC4)c(C(F)(F)F)c3)cc2)=C\NCOC1. The second-order valence-electron chi connectivity index (χ2n) is 9.17. The molecule has 0 saturated carbocycles. The van der Waals surface area contributed by atoms with Gasteiger partial charge < -0.3 is 34.9 Å². The third-order valence-corrected chi connectivity index (χ3v) is 5.69. The molecule has 2 aromatic rings. The molecule has 1 fully saturated rings. The molecule has 2 aliphatic rings. The van der Waals surface area contributed by atoms with Gasteiger partial charge in [-0.3, -0.25) is 0 Å². The van der Waals surface area contributed by atoms with E-state index in [4.69, 9.17) is 18.9 Å². The zero-order chi connectivity index (χ0) is 27.2. The maximum atomic E-state index is 13.7. The number of allylic oxidation sites excluding steroid dienone is 2. The number of benzene rings is 2. The van der Waals surface area contributed by atoms with Gasteiger partial charge >= 0.3 is 12.2 Å². The molecule has 204 valence electrons. The molecule has 0 bridgehead atoms. The summed E-state index contributed by atoms with van der Waals surface area (Å²) in [6, 6.07) is 9.76. The highest BCUT2D eigenvalue weighted by atomic mass is 19.4. The van der Waals surface area contributed by atoms with E-state index in [1.807, 2.05) is 31.3 Å². The van der Waals surface area contributed by atoms with E-state index >= 15 is 0 Å². The average molecular weight is 534 g/mol. The Morgan fingerprint density at radius 3 is 2.45 bits per heavy atom. The van der Waals surface area contributed by atoms with E-state index in [1.54, 1.807) is 19.1 Å². The van der Waals surface area contributed by atoms with E-state index < -0.39 is 23.4 Å². The Bertz CT molecular complexity index is 1190. The number of urea groups is 1. The lowest BCUT2D eigenvalue weighted by Gasteiger charge is -2.38.